The van der Waals surface area contributed by atoms with E-state index in [1.165, 1.54) is 0 Å². The van der Waals surface area contributed by atoms with Crippen molar-refractivity contribution >= 4 is 5.82 Å². The Labute approximate surface area is 113 Å². The van der Waals surface area contributed by atoms with Crippen LogP contribution in [-0.4, -0.2) is 21.1 Å². The first-order chi connectivity index (χ1) is 9.15. The van der Waals surface area contributed by atoms with Gasteiger partial charge in [-0.05, 0) is 39.0 Å². The monoisotopic (exact) mass is 258 g/mol. The topological polar surface area (TPSA) is 59.9 Å². The van der Waals surface area contributed by atoms with Gasteiger partial charge in [0, 0.05) is 12.4 Å². The summed E-state index contributed by atoms with van der Waals surface area (Å²) in [4.78, 5) is 12.7. The number of ether oxygens (including phenoxy) is 1. The van der Waals surface area contributed by atoms with Crippen LogP contribution in [0.15, 0.2) is 30.6 Å². The summed E-state index contributed by atoms with van der Waals surface area (Å²) < 4.78 is 5.70. The van der Waals surface area contributed by atoms with E-state index >= 15 is 0 Å². The first-order valence-corrected chi connectivity index (χ1v) is 6.29. The zero-order chi connectivity index (χ0) is 13.7. The van der Waals surface area contributed by atoms with Gasteiger partial charge in [-0.1, -0.05) is 0 Å². The molecular weight excluding hydrogens is 240 g/mol. The van der Waals surface area contributed by atoms with Gasteiger partial charge < -0.3 is 10.1 Å². The molecule has 0 saturated carbocycles. The Morgan fingerprint density at radius 3 is 2.79 bits per heavy atom. The van der Waals surface area contributed by atoms with Crippen LogP contribution in [0.3, 0.4) is 0 Å². The molecule has 0 bridgehead atoms. The fourth-order valence-corrected chi connectivity index (χ4v) is 1.65. The minimum Gasteiger partial charge on any atom is -0.487 e. The average molecular weight is 258 g/mol. The molecule has 0 spiro atoms. The highest BCUT2D eigenvalue weighted by Gasteiger charge is 2.06. The highest BCUT2D eigenvalue weighted by Crippen LogP contribution is 2.22. The second-order valence-corrected chi connectivity index (χ2v) is 4.47. The molecular formula is C14H18N4O. The van der Waals surface area contributed by atoms with E-state index < -0.39 is 0 Å². The summed E-state index contributed by atoms with van der Waals surface area (Å²) >= 11 is 0. The zero-order valence-electron chi connectivity index (χ0n) is 11.4. The second kappa shape index (κ2) is 6.13. The summed E-state index contributed by atoms with van der Waals surface area (Å²) in [7, 11) is 0. The SMILES string of the molecule is Cc1nccc(CNc2ncccc2OC(C)C)n1. The van der Waals surface area contributed by atoms with Gasteiger partial charge in [-0.25, -0.2) is 15.0 Å². The van der Waals surface area contributed by atoms with Crippen LogP contribution >= 0.6 is 0 Å². The van der Waals surface area contributed by atoms with E-state index in [1.54, 1.807) is 12.4 Å². The first kappa shape index (κ1) is 13.3. The van der Waals surface area contributed by atoms with E-state index in [2.05, 4.69) is 20.3 Å². The van der Waals surface area contributed by atoms with Gasteiger partial charge in [-0.15, -0.1) is 0 Å². The minimum atomic E-state index is 0.117. The van der Waals surface area contributed by atoms with Crippen LogP contribution in [0.2, 0.25) is 0 Å². The molecule has 2 rings (SSSR count). The summed E-state index contributed by atoms with van der Waals surface area (Å²) in [6.45, 7) is 6.45. The molecule has 0 unspecified atom stereocenters. The highest BCUT2D eigenvalue weighted by molar-refractivity contribution is 5.49. The quantitative estimate of drug-likeness (QED) is 0.893. The van der Waals surface area contributed by atoms with Gasteiger partial charge in [0.25, 0.3) is 0 Å². The Kier molecular flexibility index (Phi) is 4.28. The summed E-state index contributed by atoms with van der Waals surface area (Å²) in [5.74, 6) is 2.25. The second-order valence-electron chi connectivity index (χ2n) is 4.47. The lowest BCUT2D eigenvalue weighted by Gasteiger charge is -2.14. The maximum atomic E-state index is 5.70. The highest BCUT2D eigenvalue weighted by atomic mass is 16.5. The van der Waals surface area contributed by atoms with Crippen molar-refractivity contribution in [3.63, 3.8) is 0 Å². The third kappa shape index (κ3) is 3.91. The smallest absolute Gasteiger partial charge is 0.169 e. The molecule has 0 atom stereocenters. The molecule has 1 N–H and O–H groups in total. The van der Waals surface area contributed by atoms with E-state index in [4.69, 9.17) is 4.74 Å². The molecule has 0 aliphatic rings. The molecule has 2 aromatic heterocycles. The molecule has 5 heteroatoms. The van der Waals surface area contributed by atoms with Crippen molar-refractivity contribution in [2.75, 3.05) is 5.32 Å². The first-order valence-electron chi connectivity index (χ1n) is 6.29. The molecule has 0 aliphatic carbocycles. The predicted molar refractivity (Wildman–Crippen MR) is 74.1 cm³/mol. The number of hydrogen-bond donors (Lipinski definition) is 1. The summed E-state index contributed by atoms with van der Waals surface area (Å²) in [6, 6.07) is 5.64. The van der Waals surface area contributed by atoms with Crippen molar-refractivity contribution in [1.82, 2.24) is 15.0 Å². The van der Waals surface area contributed by atoms with Crippen LogP contribution in [0.1, 0.15) is 25.4 Å². The van der Waals surface area contributed by atoms with Crippen molar-refractivity contribution in [2.45, 2.75) is 33.4 Å². The van der Waals surface area contributed by atoms with E-state index in [0.717, 1.165) is 23.1 Å². The third-order valence-electron chi connectivity index (χ3n) is 2.40. The number of pyridine rings is 1. The predicted octanol–water partition coefficient (Wildman–Crippen LogP) is 2.58. The third-order valence-corrected chi connectivity index (χ3v) is 2.40. The molecule has 2 heterocycles. The van der Waals surface area contributed by atoms with Crippen LogP contribution in [0.5, 0.6) is 5.75 Å². The lowest BCUT2D eigenvalue weighted by molar-refractivity contribution is 0.243. The maximum Gasteiger partial charge on any atom is 0.169 e. The van der Waals surface area contributed by atoms with Gasteiger partial charge in [-0.2, -0.15) is 0 Å². The number of aryl methyl sites for hydroxylation is 1. The van der Waals surface area contributed by atoms with E-state index in [0.29, 0.717) is 6.54 Å². The number of hydrogen-bond acceptors (Lipinski definition) is 5. The van der Waals surface area contributed by atoms with E-state index in [9.17, 15) is 0 Å². The van der Waals surface area contributed by atoms with Crippen molar-refractivity contribution in [2.24, 2.45) is 0 Å². The Balaban J connectivity index is 2.07. The molecule has 0 fully saturated rings. The minimum absolute atomic E-state index is 0.117. The number of anilines is 1. The summed E-state index contributed by atoms with van der Waals surface area (Å²) in [5, 5.41) is 3.24. The Morgan fingerprint density at radius 1 is 1.21 bits per heavy atom. The Bertz CT molecular complexity index is 542. The number of nitrogens with zero attached hydrogens (tertiary/aromatic N) is 3. The largest absolute Gasteiger partial charge is 0.487 e. The van der Waals surface area contributed by atoms with Gasteiger partial charge in [-0.3, -0.25) is 0 Å². The average Bonchev–Trinajstić information content (AvgIpc) is 2.37. The Morgan fingerprint density at radius 2 is 2.05 bits per heavy atom. The van der Waals surface area contributed by atoms with Crippen LogP contribution in [0, 0.1) is 6.92 Å². The van der Waals surface area contributed by atoms with Crippen LogP contribution in [0.4, 0.5) is 5.82 Å². The molecule has 0 radical (unpaired) electrons. The molecule has 0 aliphatic heterocycles. The van der Waals surface area contributed by atoms with Crippen molar-refractivity contribution in [3.05, 3.63) is 42.1 Å². The Hall–Kier alpha value is -2.17. The fraction of sp³-hybridized carbons (Fsp3) is 0.357. The number of aromatic nitrogens is 3. The molecule has 0 saturated heterocycles. The number of rotatable bonds is 5. The molecule has 100 valence electrons. The summed E-state index contributed by atoms with van der Waals surface area (Å²) in [6.07, 6.45) is 3.61. The van der Waals surface area contributed by atoms with Gasteiger partial charge >= 0.3 is 0 Å². The maximum absolute atomic E-state index is 5.70. The van der Waals surface area contributed by atoms with Crippen LogP contribution < -0.4 is 10.1 Å². The standard InChI is InChI=1S/C14H18N4O/c1-10(2)19-13-5-4-7-16-14(13)17-9-12-6-8-15-11(3)18-12/h4-8,10H,9H2,1-3H3,(H,16,17). The molecule has 5 nitrogen and oxygen atoms in total. The lowest BCUT2D eigenvalue weighted by atomic mass is 10.3. The lowest BCUT2D eigenvalue weighted by Crippen LogP contribution is -2.10. The molecule has 2 aromatic rings. The normalized spacial score (nSPS) is 10.5. The van der Waals surface area contributed by atoms with Gasteiger partial charge in [0.15, 0.2) is 11.6 Å². The van der Waals surface area contributed by atoms with Crippen molar-refractivity contribution < 1.29 is 4.74 Å². The van der Waals surface area contributed by atoms with Crippen molar-refractivity contribution in [1.29, 1.82) is 0 Å². The van der Waals surface area contributed by atoms with Gasteiger partial charge in [0.05, 0.1) is 18.3 Å². The molecule has 19 heavy (non-hydrogen) atoms. The van der Waals surface area contributed by atoms with Gasteiger partial charge in [0.2, 0.25) is 0 Å². The van der Waals surface area contributed by atoms with Crippen LogP contribution in [0.25, 0.3) is 0 Å². The van der Waals surface area contributed by atoms with Crippen LogP contribution in [-0.2, 0) is 6.54 Å². The number of nitrogens with one attached hydrogen (secondary N) is 1. The zero-order valence-corrected chi connectivity index (χ0v) is 11.4. The summed E-state index contributed by atoms with van der Waals surface area (Å²) in [5.41, 5.74) is 0.925. The molecule has 0 amide bonds. The van der Waals surface area contributed by atoms with Gasteiger partial charge in [0.1, 0.15) is 5.82 Å². The fourth-order valence-electron chi connectivity index (χ4n) is 1.65. The molecule has 0 aromatic carbocycles. The van der Waals surface area contributed by atoms with E-state index in [1.807, 2.05) is 39.0 Å². The van der Waals surface area contributed by atoms with Crippen molar-refractivity contribution in [3.8, 4) is 5.75 Å². The van der Waals surface area contributed by atoms with E-state index in [-0.39, 0.29) is 6.10 Å².